The lowest BCUT2D eigenvalue weighted by Crippen LogP contribution is -2.37. The molecule has 1 unspecified atom stereocenters. The minimum atomic E-state index is 0.857. The maximum atomic E-state index is 5.41. The first-order valence-electron chi connectivity index (χ1n) is 9.69. The molecule has 1 aliphatic carbocycles. The van der Waals surface area contributed by atoms with Crippen LogP contribution in [0.25, 0.3) is 10.7 Å². The van der Waals surface area contributed by atoms with Crippen LogP contribution in [0.15, 0.2) is 11.2 Å². The molecule has 2 aromatic heterocycles. The molecule has 0 amide bonds. The van der Waals surface area contributed by atoms with Crippen LogP contribution in [0.3, 0.4) is 0 Å². The highest BCUT2D eigenvalue weighted by molar-refractivity contribution is 7.99. The fourth-order valence-electron chi connectivity index (χ4n) is 3.80. The quantitative estimate of drug-likeness (QED) is 0.704. The zero-order chi connectivity index (χ0) is 17.9. The Labute approximate surface area is 164 Å². The van der Waals surface area contributed by atoms with Crippen molar-refractivity contribution in [2.24, 2.45) is 13.0 Å². The van der Waals surface area contributed by atoms with E-state index in [4.69, 9.17) is 4.74 Å². The van der Waals surface area contributed by atoms with E-state index in [2.05, 4.69) is 39.7 Å². The summed E-state index contributed by atoms with van der Waals surface area (Å²) in [6.07, 6.45) is 5.10. The summed E-state index contributed by atoms with van der Waals surface area (Å²) >= 11 is 3.73. The molecule has 0 saturated carbocycles. The summed E-state index contributed by atoms with van der Waals surface area (Å²) < 4.78 is 7.58. The van der Waals surface area contributed by atoms with Gasteiger partial charge in [-0.1, -0.05) is 25.1 Å². The summed E-state index contributed by atoms with van der Waals surface area (Å²) in [6.45, 7) is 7.21. The van der Waals surface area contributed by atoms with Crippen LogP contribution in [-0.2, 0) is 24.6 Å². The number of hydrogen-bond donors (Lipinski definition) is 0. The van der Waals surface area contributed by atoms with Crippen molar-refractivity contribution in [2.45, 2.75) is 37.8 Å². The van der Waals surface area contributed by atoms with Gasteiger partial charge in [0.2, 0.25) is 0 Å². The topological polar surface area (TPSA) is 43.2 Å². The zero-order valence-electron chi connectivity index (χ0n) is 15.7. The Kier molecular flexibility index (Phi) is 5.98. The molecule has 7 heteroatoms. The first-order valence-corrected chi connectivity index (χ1v) is 11.5. The van der Waals surface area contributed by atoms with Crippen LogP contribution in [0.5, 0.6) is 0 Å². The van der Waals surface area contributed by atoms with E-state index in [1.165, 1.54) is 30.6 Å². The molecule has 3 heterocycles. The standard InChI is InChI=1S/C19H28N4OS2/c1-3-14-4-5-16-15(12-14)13-17(26-16)18-20-21-19(22(18)2)25-11-8-23-6-9-24-10-7-23/h13-14H,3-12H2,1-2H3. The first-order chi connectivity index (χ1) is 12.7. The van der Waals surface area contributed by atoms with E-state index in [0.29, 0.717) is 0 Å². The van der Waals surface area contributed by atoms with Gasteiger partial charge in [-0.2, -0.15) is 0 Å². The van der Waals surface area contributed by atoms with Crippen LogP contribution in [0.1, 0.15) is 30.2 Å². The molecule has 0 aromatic carbocycles. The third-order valence-corrected chi connectivity index (χ3v) is 7.79. The predicted octanol–water partition coefficient (Wildman–Crippen LogP) is 3.48. The summed E-state index contributed by atoms with van der Waals surface area (Å²) in [5.41, 5.74) is 1.55. The number of morpholine rings is 1. The number of thiophene rings is 1. The van der Waals surface area contributed by atoms with Crippen molar-refractivity contribution in [2.75, 3.05) is 38.6 Å². The molecule has 142 valence electrons. The van der Waals surface area contributed by atoms with Gasteiger partial charge in [0, 0.05) is 37.3 Å². The second-order valence-corrected chi connectivity index (χ2v) is 9.44. The lowest BCUT2D eigenvalue weighted by Gasteiger charge is -2.26. The summed E-state index contributed by atoms with van der Waals surface area (Å²) in [7, 11) is 2.10. The van der Waals surface area contributed by atoms with Crippen molar-refractivity contribution in [1.29, 1.82) is 0 Å². The molecule has 0 spiro atoms. The van der Waals surface area contributed by atoms with Crippen molar-refractivity contribution >= 4 is 23.1 Å². The number of thioether (sulfide) groups is 1. The molecule has 4 rings (SSSR count). The second-order valence-electron chi connectivity index (χ2n) is 7.24. The monoisotopic (exact) mass is 392 g/mol. The Morgan fingerprint density at radius 3 is 2.96 bits per heavy atom. The lowest BCUT2D eigenvalue weighted by atomic mass is 9.87. The highest BCUT2D eigenvalue weighted by atomic mass is 32.2. The average molecular weight is 393 g/mol. The molecule has 5 nitrogen and oxygen atoms in total. The van der Waals surface area contributed by atoms with Gasteiger partial charge in [-0.15, -0.1) is 21.5 Å². The Balaban J connectivity index is 1.40. The minimum absolute atomic E-state index is 0.857. The smallest absolute Gasteiger partial charge is 0.191 e. The summed E-state index contributed by atoms with van der Waals surface area (Å²) in [6, 6.07) is 2.37. The Bertz CT molecular complexity index is 736. The number of fused-ring (bicyclic) bond motifs is 1. The maximum absolute atomic E-state index is 5.41. The first kappa shape index (κ1) is 18.5. The van der Waals surface area contributed by atoms with E-state index in [9.17, 15) is 0 Å². The Morgan fingerprint density at radius 2 is 2.15 bits per heavy atom. The van der Waals surface area contributed by atoms with E-state index in [-0.39, 0.29) is 0 Å². The van der Waals surface area contributed by atoms with Crippen LogP contribution >= 0.6 is 23.1 Å². The van der Waals surface area contributed by atoms with E-state index in [1.807, 2.05) is 11.3 Å². The SMILES string of the molecule is CCC1CCc2sc(-c3nnc(SCCN4CCOCC4)n3C)cc2C1. The van der Waals surface area contributed by atoms with Crippen molar-refractivity contribution < 1.29 is 4.74 Å². The van der Waals surface area contributed by atoms with Crippen molar-refractivity contribution in [3.63, 3.8) is 0 Å². The number of aromatic nitrogens is 3. The Hall–Kier alpha value is -0.890. The third-order valence-electron chi connectivity index (χ3n) is 5.56. The summed E-state index contributed by atoms with van der Waals surface area (Å²) in [4.78, 5) is 5.31. The van der Waals surface area contributed by atoms with Gasteiger partial charge in [-0.05, 0) is 36.8 Å². The average Bonchev–Trinajstić information content (AvgIpc) is 3.25. The molecule has 1 fully saturated rings. The zero-order valence-corrected chi connectivity index (χ0v) is 17.4. The molecule has 0 N–H and O–H groups in total. The number of hydrogen-bond acceptors (Lipinski definition) is 6. The number of nitrogens with zero attached hydrogens (tertiary/aromatic N) is 4. The van der Waals surface area contributed by atoms with Gasteiger partial charge in [0.25, 0.3) is 0 Å². The van der Waals surface area contributed by atoms with Crippen molar-refractivity contribution in [1.82, 2.24) is 19.7 Å². The normalized spacial score (nSPS) is 21.1. The molecule has 0 radical (unpaired) electrons. The minimum Gasteiger partial charge on any atom is -0.379 e. The fourth-order valence-corrected chi connectivity index (χ4v) is 5.94. The molecule has 1 saturated heterocycles. The largest absolute Gasteiger partial charge is 0.379 e. The molecule has 1 atom stereocenters. The van der Waals surface area contributed by atoms with Crippen LogP contribution in [0.4, 0.5) is 0 Å². The molecular weight excluding hydrogens is 364 g/mol. The number of ether oxygens (including phenoxy) is 1. The predicted molar refractivity (Wildman–Crippen MR) is 108 cm³/mol. The molecule has 2 aromatic rings. The van der Waals surface area contributed by atoms with Gasteiger partial charge in [0.1, 0.15) is 0 Å². The number of aryl methyl sites for hydroxylation is 1. The summed E-state index contributed by atoms with van der Waals surface area (Å²) in [5.74, 6) is 2.92. The van der Waals surface area contributed by atoms with Gasteiger partial charge in [0.15, 0.2) is 11.0 Å². The van der Waals surface area contributed by atoms with Gasteiger partial charge in [-0.25, -0.2) is 0 Å². The summed E-state index contributed by atoms with van der Waals surface area (Å²) in [5, 5.41) is 9.97. The van der Waals surface area contributed by atoms with Crippen molar-refractivity contribution in [3.05, 3.63) is 16.5 Å². The second kappa shape index (κ2) is 8.42. The Morgan fingerprint density at radius 1 is 1.31 bits per heavy atom. The molecule has 2 aliphatic rings. The lowest BCUT2D eigenvalue weighted by molar-refractivity contribution is 0.0410. The van der Waals surface area contributed by atoms with Crippen LogP contribution < -0.4 is 0 Å². The highest BCUT2D eigenvalue weighted by Gasteiger charge is 2.22. The fraction of sp³-hybridized carbons (Fsp3) is 0.684. The number of rotatable bonds is 6. The molecule has 1 aliphatic heterocycles. The van der Waals surface area contributed by atoms with Gasteiger partial charge < -0.3 is 9.30 Å². The third kappa shape index (κ3) is 4.01. The highest BCUT2D eigenvalue weighted by Crippen LogP contribution is 2.37. The molecule has 26 heavy (non-hydrogen) atoms. The van der Waals surface area contributed by atoms with Crippen LogP contribution in [0.2, 0.25) is 0 Å². The van der Waals surface area contributed by atoms with E-state index in [1.54, 1.807) is 22.2 Å². The maximum Gasteiger partial charge on any atom is 0.191 e. The van der Waals surface area contributed by atoms with Crippen molar-refractivity contribution in [3.8, 4) is 10.7 Å². The van der Waals surface area contributed by atoms with Gasteiger partial charge in [0.05, 0.1) is 18.1 Å². The molecular formula is C19H28N4OS2. The van der Waals surface area contributed by atoms with Gasteiger partial charge >= 0.3 is 0 Å². The van der Waals surface area contributed by atoms with E-state index < -0.39 is 0 Å². The van der Waals surface area contributed by atoms with E-state index >= 15 is 0 Å². The van der Waals surface area contributed by atoms with E-state index in [0.717, 1.165) is 55.5 Å². The molecule has 0 bridgehead atoms. The van der Waals surface area contributed by atoms with Gasteiger partial charge in [-0.3, -0.25) is 4.90 Å². The van der Waals surface area contributed by atoms with Crippen LogP contribution in [0, 0.1) is 5.92 Å². The van der Waals surface area contributed by atoms with Crippen LogP contribution in [-0.4, -0.2) is 58.3 Å².